The summed E-state index contributed by atoms with van der Waals surface area (Å²) < 4.78 is 1.01. The Morgan fingerprint density at radius 3 is 2.55 bits per heavy atom. The van der Waals surface area contributed by atoms with Crippen molar-refractivity contribution in [3.63, 3.8) is 0 Å². The summed E-state index contributed by atoms with van der Waals surface area (Å²) in [5.41, 5.74) is 4.80. The molecule has 1 amide bonds. The highest BCUT2D eigenvalue weighted by Crippen LogP contribution is 2.37. The molecule has 2 aromatic carbocycles. The number of likely N-dealkylation sites (N-methyl/N-ethyl adjacent to an activating group) is 1. The summed E-state index contributed by atoms with van der Waals surface area (Å²) in [6.45, 7) is 0. The number of benzene rings is 2. The van der Waals surface area contributed by atoms with E-state index in [0.717, 1.165) is 32.5 Å². The van der Waals surface area contributed by atoms with Crippen molar-refractivity contribution in [1.82, 2.24) is 0 Å². The number of fused-ring (bicyclic) bond motifs is 1. The number of amides is 1. The number of hydrogen-bond acceptors (Lipinski definition) is 2. The average molecular weight is 357 g/mol. The van der Waals surface area contributed by atoms with E-state index in [1.54, 1.807) is 4.90 Å². The second kappa shape index (κ2) is 5.61. The number of para-hydroxylation sites is 1. The molecule has 0 saturated carbocycles. The molecule has 1 aliphatic rings. The van der Waals surface area contributed by atoms with Gasteiger partial charge in [-0.25, -0.2) is 0 Å². The first-order valence-corrected chi connectivity index (χ1v) is 7.84. The van der Waals surface area contributed by atoms with Crippen molar-refractivity contribution in [3.05, 3.63) is 58.1 Å². The molecule has 1 aliphatic heterocycles. The van der Waals surface area contributed by atoms with Crippen LogP contribution in [0.5, 0.6) is 0 Å². The third-order valence-corrected chi connectivity index (χ3v) is 4.49. The molecule has 0 saturated heterocycles. The molecule has 0 unspecified atom stereocenters. The molecular weight excluding hydrogens is 340 g/mol. The van der Waals surface area contributed by atoms with Gasteiger partial charge in [-0.2, -0.15) is 0 Å². The maximum Gasteiger partial charge on any atom is 0.258 e. The molecule has 4 heteroatoms. The van der Waals surface area contributed by atoms with Crippen LogP contribution in [0.2, 0.25) is 0 Å². The molecule has 0 fully saturated rings. The van der Waals surface area contributed by atoms with Crippen molar-refractivity contribution < 1.29 is 4.79 Å². The van der Waals surface area contributed by atoms with Crippen LogP contribution in [0.25, 0.3) is 11.6 Å². The number of hydrogen-bond donors (Lipinski definition) is 0. The summed E-state index contributed by atoms with van der Waals surface area (Å²) in [4.78, 5) is 16.2. The Morgan fingerprint density at radius 2 is 1.86 bits per heavy atom. The van der Waals surface area contributed by atoms with Crippen LogP contribution in [-0.2, 0) is 4.79 Å². The van der Waals surface area contributed by atoms with Gasteiger partial charge in [0.05, 0.1) is 11.4 Å². The van der Waals surface area contributed by atoms with Gasteiger partial charge in [0.25, 0.3) is 5.91 Å². The highest BCUT2D eigenvalue weighted by atomic mass is 79.9. The van der Waals surface area contributed by atoms with Crippen LogP contribution in [0, 0.1) is 0 Å². The highest BCUT2D eigenvalue weighted by molar-refractivity contribution is 9.10. The lowest BCUT2D eigenvalue weighted by atomic mass is 10.0. The lowest BCUT2D eigenvalue weighted by molar-refractivity contribution is -0.112. The van der Waals surface area contributed by atoms with Gasteiger partial charge in [0.2, 0.25) is 0 Å². The largest absolute Gasteiger partial charge is 0.377 e. The molecule has 0 bridgehead atoms. The van der Waals surface area contributed by atoms with Crippen LogP contribution in [0.4, 0.5) is 11.4 Å². The summed E-state index contributed by atoms with van der Waals surface area (Å²) >= 11 is 3.59. The summed E-state index contributed by atoms with van der Waals surface area (Å²) in [7, 11) is 5.82. The first-order chi connectivity index (χ1) is 10.5. The van der Waals surface area contributed by atoms with E-state index in [-0.39, 0.29) is 5.91 Å². The van der Waals surface area contributed by atoms with Crippen molar-refractivity contribution in [3.8, 4) is 0 Å². The summed E-state index contributed by atoms with van der Waals surface area (Å²) in [6, 6.07) is 14.0. The Hall–Kier alpha value is -2.07. The molecule has 0 atom stereocenters. The van der Waals surface area contributed by atoms with E-state index in [2.05, 4.69) is 15.9 Å². The minimum absolute atomic E-state index is 0.0361. The van der Waals surface area contributed by atoms with Gasteiger partial charge in [0.15, 0.2) is 0 Å². The maximum absolute atomic E-state index is 12.5. The second-order valence-electron chi connectivity index (χ2n) is 5.54. The Kier molecular flexibility index (Phi) is 3.79. The van der Waals surface area contributed by atoms with Gasteiger partial charge in [-0.15, -0.1) is 0 Å². The molecule has 0 spiro atoms. The number of nitrogens with zero attached hydrogens (tertiary/aromatic N) is 2. The monoisotopic (exact) mass is 356 g/mol. The first kappa shape index (κ1) is 14.9. The van der Waals surface area contributed by atoms with Gasteiger partial charge in [-0.1, -0.05) is 24.3 Å². The molecular formula is C18H17BrN2O. The van der Waals surface area contributed by atoms with Crippen molar-refractivity contribution in [2.75, 3.05) is 30.9 Å². The predicted octanol–water partition coefficient (Wildman–Crippen LogP) is 4.03. The molecule has 0 radical (unpaired) electrons. The van der Waals surface area contributed by atoms with Crippen LogP contribution in [0.3, 0.4) is 0 Å². The highest BCUT2D eigenvalue weighted by Gasteiger charge is 2.28. The smallest absolute Gasteiger partial charge is 0.258 e. The van der Waals surface area contributed by atoms with Crippen LogP contribution < -0.4 is 9.80 Å². The average Bonchev–Trinajstić information content (AvgIpc) is 2.73. The topological polar surface area (TPSA) is 23.6 Å². The molecule has 2 aromatic rings. The second-order valence-corrected chi connectivity index (χ2v) is 6.40. The van der Waals surface area contributed by atoms with Crippen molar-refractivity contribution in [1.29, 1.82) is 0 Å². The third-order valence-electron chi connectivity index (χ3n) is 3.86. The molecule has 3 nitrogen and oxygen atoms in total. The van der Waals surface area contributed by atoms with Gasteiger partial charge < -0.3 is 9.80 Å². The van der Waals surface area contributed by atoms with Gasteiger partial charge in [-0.3, -0.25) is 4.79 Å². The molecule has 0 aliphatic carbocycles. The van der Waals surface area contributed by atoms with E-state index in [9.17, 15) is 4.79 Å². The molecule has 1 heterocycles. The van der Waals surface area contributed by atoms with Crippen LogP contribution >= 0.6 is 15.9 Å². The van der Waals surface area contributed by atoms with Gasteiger partial charge in [0, 0.05) is 36.8 Å². The molecule has 0 N–H and O–H groups in total. The van der Waals surface area contributed by atoms with Crippen molar-refractivity contribution in [2.45, 2.75) is 0 Å². The quantitative estimate of drug-likeness (QED) is 0.758. The van der Waals surface area contributed by atoms with Gasteiger partial charge in [-0.05, 0) is 45.8 Å². The summed E-state index contributed by atoms with van der Waals surface area (Å²) in [5, 5.41) is 0. The maximum atomic E-state index is 12.5. The fourth-order valence-electron chi connectivity index (χ4n) is 2.68. The lowest BCUT2D eigenvalue weighted by Gasteiger charge is -2.14. The van der Waals surface area contributed by atoms with Crippen LogP contribution in [0.15, 0.2) is 46.9 Å². The zero-order chi connectivity index (χ0) is 15.9. The number of carbonyl (C=O) groups is 1. The van der Waals surface area contributed by atoms with E-state index in [1.807, 2.05) is 74.6 Å². The normalized spacial score (nSPS) is 15.4. The SMILES string of the molecule is CN(C)c1ccc(/C=C2/C(=O)N(C)c3ccccc32)cc1Br. The number of carbonyl (C=O) groups excluding carboxylic acids is 1. The minimum Gasteiger partial charge on any atom is -0.377 e. The summed E-state index contributed by atoms with van der Waals surface area (Å²) in [5.74, 6) is 0.0361. The lowest BCUT2D eigenvalue weighted by Crippen LogP contribution is -2.20. The molecule has 3 rings (SSSR count). The van der Waals surface area contributed by atoms with E-state index in [4.69, 9.17) is 0 Å². The van der Waals surface area contributed by atoms with Crippen LogP contribution in [-0.4, -0.2) is 27.1 Å². The Morgan fingerprint density at radius 1 is 1.14 bits per heavy atom. The van der Waals surface area contributed by atoms with E-state index >= 15 is 0 Å². The van der Waals surface area contributed by atoms with E-state index in [0.29, 0.717) is 0 Å². The Balaban J connectivity index is 2.06. The van der Waals surface area contributed by atoms with Crippen molar-refractivity contribution >= 4 is 44.9 Å². The number of halogens is 1. The number of rotatable bonds is 2. The van der Waals surface area contributed by atoms with Crippen molar-refractivity contribution in [2.24, 2.45) is 0 Å². The zero-order valence-electron chi connectivity index (χ0n) is 12.8. The predicted molar refractivity (Wildman–Crippen MR) is 96.2 cm³/mol. The molecule has 112 valence electrons. The number of anilines is 2. The fourth-order valence-corrected chi connectivity index (χ4v) is 3.43. The minimum atomic E-state index is 0.0361. The summed E-state index contributed by atoms with van der Waals surface area (Å²) in [6.07, 6.45) is 1.95. The third kappa shape index (κ3) is 2.44. The Labute approximate surface area is 139 Å². The molecule has 0 aromatic heterocycles. The van der Waals surface area contributed by atoms with E-state index < -0.39 is 0 Å². The van der Waals surface area contributed by atoms with E-state index in [1.165, 1.54) is 0 Å². The molecule has 22 heavy (non-hydrogen) atoms. The fraction of sp³-hybridized carbons (Fsp3) is 0.167. The zero-order valence-corrected chi connectivity index (χ0v) is 14.4. The standard InChI is InChI=1S/C18H17BrN2O/c1-20(2)17-9-8-12(11-15(17)19)10-14-13-6-4-5-7-16(13)21(3)18(14)22/h4-11H,1-3H3/b14-10+. The van der Waals surface area contributed by atoms with Crippen LogP contribution in [0.1, 0.15) is 11.1 Å². The van der Waals surface area contributed by atoms with Gasteiger partial charge in [0.1, 0.15) is 0 Å². The van der Waals surface area contributed by atoms with Gasteiger partial charge >= 0.3 is 0 Å². The first-order valence-electron chi connectivity index (χ1n) is 7.05. The Bertz CT molecular complexity index is 780.